The number of H-pyrrole nitrogens is 1. The number of nitrogen functional groups attached to an aromatic ring is 1. The van der Waals surface area contributed by atoms with E-state index in [1.54, 1.807) is 11.0 Å². The third-order valence-electron chi connectivity index (χ3n) is 7.43. The molecule has 0 radical (unpaired) electrons. The van der Waals surface area contributed by atoms with Gasteiger partial charge in [-0.1, -0.05) is 43.0 Å². The highest BCUT2D eigenvalue weighted by molar-refractivity contribution is 6.06. The van der Waals surface area contributed by atoms with Crippen LogP contribution in [0.5, 0.6) is 0 Å². The topological polar surface area (TPSA) is 119 Å². The highest BCUT2D eigenvalue weighted by atomic mass is 16.2. The molecule has 6 rings (SSSR count). The van der Waals surface area contributed by atoms with Gasteiger partial charge in [0.2, 0.25) is 0 Å². The number of rotatable bonds is 5. The van der Waals surface area contributed by atoms with Gasteiger partial charge in [-0.05, 0) is 59.0 Å². The van der Waals surface area contributed by atoms with Crippen molar-refractivity contribution in [3.8, 4) is 17.2 Å². The number of nitrogens with two attached hydrogens (primary N) is 1. The predicted molar refractivity (Wildman–Crippen MR) is 150 cm³/mol. The van der Waals surface area contributed by atoms with E-state index in [0.29, 0.717) is 48.4 Å². The SMILES string of the molecule is C=C(C#N)CN1Cc2c(-c3ccc4[nH]nc(C5=CCN(C(=O)c6ccccc6)CC5)c4c3)ccc(N)c2C1=O. The summed E-state index contributed by atoms with van der Waals surface area (Å²) in [6, 6.07) is 21.1. The van der Waals surface area contributed by atoms with Crippen LogP contribution in [0.3, 0.4) is 0 Å². The van der Waals surface area contributed by atoms with Crippen molar-refractivity contribution in [1.82, 2.24) is 20.0 Å². The number of aromatic nitrogens is 2. The van der Waals surface area contributed by atoms with Crippen LogP contribution in [0.2, 0.25) is 0 Å². The maximum Gasteiger partial charge on any atom is 0.256 e. The summed E-state index contributed by atoms with van der Waals surface area (Å²) >= 11 is 0. The number of nitrogens with one attached hydrogen (secondary N) is 1. The van der Waals surface area contributed by atoms with Gasteiger partial charge in [-0.3, -0.25) is 14.7 Å². The van der Waals surface area contributed by atoms with Crippen molar-refractivity contribution in [1.29, 1.82) is 5.26 Å². The number of anilines is 1. The number of benzene rings is 3. The molecule has 0 atom stereocenters. The Hall–Kier alpha value is -5.16. The summed E-state index contributed by atoms with van der Waals surface area (Å²) in [7, 11) is 0. The second kappa shape index (κ2) is 9.62. The largest absolute Gasteiger partial charge is 0.398 e. The number of aromatic amines is 1. The summed E-state index contributed by atoms with van der Waals surface area (Å²) in [6.07, 6.45) is 2.78. The van der Waals surface area contributed by atoms with Crippen LogP contribution in [0.15, 0.2) is 78.9 Å². The van der Waals surface area contributed by atoms with Gasteiger partial charge in [0.05, 0.1) is 29.4 Å². The number of carbonyl (C=O) groups is 2. The molecule has 39 heavy (non-hydrogen) atoms. The van der Waals surface area contributed by atoms with E-state index in [0.717, 1.165) is 38.9 Å². The molecule has 3 aromatic carbocycles. The molecule has 3 N–H and O–H groups in total. The summed E-state index contributed by atoms with van der Waals surface area (Å²) < 4.78 is 0. The molecule has 2 aliphatic rings. The molecule has 0 spiro atoms. The molecule has 2 aliphatic heterocycles. The Kier molecular flexibility index (Phi) is 5.97. The Morgan fingerprint density at radius 2 is 1.97 bits per heavy atom. The molecule has 2 amide bonds. The van der Waals surface area contributed by atoms with Crippen molar-refractivity contribution in [2.75, 3.05) is 25.4 Å². The molecule has 3 heterocycles. The molecule has 0 fully saturated rings. The van der Waals surface area contributed by atoms with Crippen molar-refractivity contribution in [2.24, 2.45) is 0 Å². The van der Waals surface area contributed by atoms with Gasteiger partial charge in [0.25, 0.3) is 11.8 Å². The number of hydrogen-bond acceptors (Lipinski definition) is 5. The maximum atomic E-state index is 13.1. The van der Waals surface area contributed by atoms with E-state index in [4.69, 9.17) is 11.0 Å². The third kappa shape index (κ3) is 4.24. The van der Waals surface area contributed by atoms with Crippen LogP contribution < -0.4 is 5.73 Å². The van der Waals surface area contributed by atoms with Crippen LogP contribution in [-0.2, 0) is 6.54 Å². The average molecular weight is 515 g/mol. The molecule has 8 nitrogen and oxygen atoms in total. The van der Waals surface area contributed by atoms with Crippen molar-refractivity contribution in [2.45, 2.75) is 13.0 Å². The first-order chi connectivity index (χ1) is 18.9. The molecule has 1 aromatic heterocycles. The molecule has 192 valence electrons. The van der Waals surface area contributed by atoms with E-state index in [2.05, 4.69) is 28.9 Å². The quantitative estimate of drug-likeness (QED) is 0.294. The number of amides is 2. The van der Waals surface area contributed by atoms with Gasteiger partial charge < -0.3 is 15.5 Å². The van der Waals surface area contributed by atoms with Crippen LogP contribution in [0.1, 0.15) is 38.4 Å². The lowest BCUT2D eigenvalue weighted by molar-refractivity contribution is 0.0770. The first kappa shape index (κ1) is 24.2. The Bertz CT molecular complexity index is 1730. The van der Waals surface area contributed by atoms with Crippen molar-refractivity contribution in [3.05, 3.63) is 101 Å². The maximum absolute atomic E-state index is 13.1. The summed E-state index contributed by atoms with van der Waals surface area (Å²) in [4.78, 5) is 29.4. The zero-order valence-electron chi connectivity index (χ0n) is 21.3. The smallest absolute Gasteiger partial charge is 0.256 e. The van der Waals surface area contributed by atoms with Crippen LogP contribution in [0, 0.1) is 11.3 Å². The molecule has 0 saturated heterocycles. The molecular formula is C31H26N6O2. The van der Waals surface area contributed by atoms with Crippen molar-refractivity contribution >= 4 is 34.0 Å². The van der Waals surface area contributed by atoms with Gasteiger partial charge in [0.15, 0.2) is 0 Å². The standard InChI is InChI=1S/C31H26N6O2/c1-19(16-32)17-37-18-25-23(8-9-26(33)28(25)31(37)39)22-7-10-27-24(15-22)29(35-34-27)20-11-13-36(14-12-20)30(38)21-5-3-2-4-6-21/h2-11,15H,1,12-14,17-18,33H2,(H,34,35). The highest BCUT2D eigenvalue weighted by Crippen LogP contribution is 2.38. The second-order valence-corrected chi connectivity index (χ2v) is 9.86. The normalized spacial score (nSPS) is 14.7. The van der Waals surface area contributed by atoms with E-state index in [1.807, 2.05) is 59.5 Å². The number of hydrogen-bond donors (Lipinski definition) is 2. The number of fused-ring (bicyclic) bond motifs is 2. The Morgan fingerprint density at radius 3 is 2.72 bits per heavy atom. The molecule has 0 unspecified atom stereocenters. The minimum atomic E-state index is -0.187. The molecular weight excluding hydrogens is 488 g/mol. The van der Waals surface area contributed by atoms with Gasteiger partial charge in [-0.15, -0.1) is 0 Å². The lowest BCUT2D eigenvalue weighted by Crippen LogP contribution is -2.34. The zero-order valence-corrected chi connectivity index (χ0v) is 21.3. The van der Waals surface area contributed by atoms with E-state index >= 15 is 0 Å². The molecule has 0 aliphatic carbocycles. The molecule has 8 heteroatoms. The minimum absolute atomic E-state index is 0.0270. The lowest BCUT2D eigenvalue weighted by atomic mass is 9.94. The molecule has 4 aromatic rings. The average Bonchev–Trinajstić information content (AvgIpc) is 3.54. The van der Waals surface area contributed by atoms with Gasteiger partial charge in [-0.25, -0.2) is 0 Å². The number of nitriles is 1. The van der Waals surface area contributed by atoms with Gasteiger partial charge >= 0.3 is 0 Å². The monoisotopic (exact) mass is 514 g/mol. The minimum Gasteiger partial charge on any atom is -0.398 e. The number of nitrogens with zero attached hydrogens (tertiary/aromatic N) is 4. The van der Waals surface area contributed by atoms with Crippen molar-refractivity contribution < 1.29 is 9.59 Å². The van der Waals surface area contributed by atoms with Crippen LogP contribution >= 0.6 is 0 Å². The van der Waals surface area contributed by atoms with Crippen LogP contribution in [0.25, 0.3) is 27.6 Å². The predicted octanol–water partition coefficient (Wildman–Crippen LogP) is 4.78. The summed E-state index contributed by atoms with van der Waals surface area (Å²) in [5.74, 6) is -0.160. The Morgan fingerprint density at radius 1 is 1.15 bits per heavy atom. The summed E-state index contributed by atoms with van der Waals surface area (Å²) in [5, 5.41) is 17.9. The fourth-order valence-electron chi connectivity index (χ4n) is 5.43. The van der Waals surface area contributed by atoms with E-state index < -0.39 is 0 Å². The third-order valence-corrected chi connectivity index (χ3v) is 7.43. The first-order valence-corrected chi connectivity index (χ1v) is 12.8. The van der Waals surface area contributed by atoms with Crippen LogP contribution in [-0.4, -0.2) is 51.4 Å². The molecule has 0 bridgehead atoms. The summed E-state index contributed by atoms with van der Waals surface area (Å²) in [5.41, 5.74) is 13.7. The van der Waals surface area contributed by atoms with E-state index in [1.165, 1.54) is 0 Å². The van der Waals surface area contributed by atoms with Gasteiger partial charge in [0.1, 0.15) is 0 Å². The van der Waals surface area contributed by atoms with Crippen molar-refractivity contribution in [3.63, 3.8) is 0 Å². The fraction of sp³-hybridized carbons (Fsp3) is 0.161. The Balaban J connectivity index is 1.31. The second-order valence-electron chi connectivity index (χ2n) is 9.86. The van der Waals surface area contributed by atoms with E-state index in [-0.39, 0.29) is 18.4 Å². The zero-order chi connectivity index (χ0) is 27.1. The highest BCUT2D eigenvalue weighted by Gasteiger charge is 2.32. The summed E-state index contributed by atoms with van der Waals surface area (Å²) in [6.45, 7) is 5.40. The van der Waals surface area contributed by atoms with Gasteiger partial charge in [-0.2, -0.15) is 10.4 Å². The first-order valence-electron chi connectivity index (χ1n) is 12.8. The fourth-order valence-corrected chi connectivity index (χ4v) is 5.43. The van der Waals surface area contributed by atoms with Gasteiger partial charge in [0, 0.05) is 41.8 Å². The lowest BCUT2D eigenvalue weighted by Gasteiger charge is -2.26. The molecule has 0 saturated carbocycles. The Labute approximate surface area is 225 Å². The van der Waals surface area contributed by atoms with Crippen LogP contribution in [0.4, 0.5) is 5.69 Å². The number of carbonyl (C=O) groups excluding carboxylic acids is 2. The van der Waals surface area contributed by atoms with E-state index in [9.17, 15) is 9.59 Å².